The van der Waals surface area contributed by atoms with E-state index in [1.54, 1.807) is 12.2 Å². The molecule has 0 fully saturated rings. The van der Waals surface area contributed by atoms with Gasteiger partial charge in [-0.15, -0.1) is 0 Å². The molecule has 0 aliphatic carbocycles. The summed E-state index contributed by atoms with van der Waals surface area (Å²) in [6.45, 7) is 6.05. The number of hydrogen-bond acceptors (Lipinski definition) is 6. The van der Waals surface area contributed by atoms with Gasteiger partial charge in [0, 0.05) is 6.42 Å². The lowest BCUT2D eigenvalue weighted by Gasteiger charge is -2.17. The zero-order valence-corrected chi connectivity index (χ0v) is 45.5. The summed E-state index contributed by atoms with van der Waals surface area (Å²) in [4.78, 5) is 38.0. The largest absolute Gasteiger partial charge is 0.462 e. The molecule has 0 rings (SSSR count). The van der Waals surface area contributed by atoms with Gasteiger partial charge in [0.15, 0.2) is 6.10 Å². The Morgan fingerprint density at radius 1 is 0.288 bits per heavy atom. The summed E-state index contributed by atoms with van der Waals surface area (Å²) in [5.41, 5.74) is 0. The number of hydrogen-bond donors (Lipinski definition) is 0. The van der Waals surface area contributed by atoms with E-state index in [2.05, 4.69) is 203 Å². The van der Waals surface area contributed by atoms with Gasteiger partial charge in [-0.1, -0.05) is 234 Å². The van der Waals surface area contributed by atoms with Crippen LogP contribution in [0.1, 0.15) is 175 Å². The van der Waals surface area contributed by atoms with E-state index in [0.29, 0.717) is 19.3 Å². The summed E-state index contributed by atoms with van der Waals surface area (Å²) < 4.78 is 16.6. The van der Waals surface area contributed by atoms with Crippen molar-refractivity contribution in [2.24, 2.45) is 0 Å². The van der Waals surface area contributed by atoms with Crippen LogP contribution in [-0.2, 0) is 28.6 Å². The smallest absolute Gasteiger partial charge is 0.310 e. The van der Waals surface area contributed by atoms with Gasteiger partial charge in [0.25, 0.3) is 0 Å². The summed E-state index contributed by atoms with van der Waals surface area (Å²) >= 11 is 0. The summed E-state index contributed by atoms with van der Waals surface area (Å²) in [6.07, 6.45) is 91.5. The van der Waals surface area contributed by atoms with Crippen LogP contribution in [0.5, 0.6) is 0 Å². The van der Waals surface area contributed by atoms with Gasteiger partial charge < -0.3 is 14.2 Å². The Morgan fingerprint density at radius 2 is 0.548 bits per heavy atom. The third kappa shape index (κ3) is 56.8. The average Bonchev–Trinajstić information content (AvgIpc) is 3.39. The van der Waals surface area contributed by atoms with Crippen LogP contribution in [0.25, 0.3) is 0 Å². The SMILES string of the molecule is CC/C=C\C/C=C\C/C=C\C/C=C\C/C=C\C/C=C\C/C=C\CCCCCC(=O)OCC(COC(=O)C/C=C\C/C=C\C/C=C\C/C=C\C/C=C\CC)OC(=O)C/C=C\C/C=C\C/C=C\C/C=C\C/C=C\CC. The van der Waals surface area contributed by atoms with E-state index in [0.717, 1.165) is 116 Å². The van der Waals surface area contributed by atoms with Crippen LogP contribution in [-0.4, -0.2) is 37.2 Å². The summed E-state index contributed by atoms with van der Waals surface area (Å²) in [6, 6.07) is 0. The number of carbonyl (C=O) groups excluding carboxylic acids is 3. The van der Waals surface area contributed by atoms with Crippen molar-refractivity contribution in [3.63, 3.8) is 0 Å². The molecule has 0 aliphatic rings. The van der Waals surface area contributed by atoms with E-state index >= 15 is 0 Å². The van der Waals surface area contributed by atoms with Gasteiger partial charge >= 0.3 is 17.9 Å². The molecule has 0 aromatic carbocycles. The van der Waals surface area contributed by atoms with Crippen molar-refractivity contribution in [2.45, 2.75) is 181 Å². The normalized spacial score (nSPS) is 13.7. The Kier molecular flexibility index (Phi) is 53.7. The first-order chi connectivity index (χ1) is 36.0. The molecule has 0 aromatic rings. The van der Waals surface area contributed by atoms with Gasteiger partial charge in [0.2, 0.25) is 0 Å². The quantitative estimate of drug-likeness (QED) is 0.0262. The lowest BCUT2D eigenvalue weighted by atomic mass is 10.1. The average molecular weight is 997 g/mol. The Labute approximate surface area is 445 Å². The highest BCUT2D eigenvalue weighted by Crippen LogP contribution is 2.08. The Hall–Kier alpha value is -6.01. The molecular weight excluding hydrogens is 901 g/mol. The van der Waals surface area contributed by atoms with Crippen LogP contribution in [0, 0.1) is 0 Å². The van der Waals surface area contributed by atoms with E-state index in [1.807, 2.05) is 12.2 Å². The maximum atomic E-state index is 12.8. The topological polar surface area (TPSA) is 78.9 Å². The molecule has 0 radical (unpaired) electrons. The van der Waals surface area contributed by atoms with Gasteiger partial charge in [-0.25, -0.2) is 0 Å². The molecule has 0 aromatic heterocycles. The zero-order valence-electron chi connectivity index (χ0n) is 45.5. The molecule has 1 atom stereocenters. The number of rotatable bonds is 46. The molecule has 0 heterocycles. The van der Waals surface area contributed by atoms with Crippen molar-refractivity contribution in [2.75, 3.05) is 13.2 Å². The molecule has 73 heavy (non-hydrogen) atoms. The van der Waals surface area contributed by atoms with E-state index < -0.39 is 18.0 Å². The van der Waals surface area contributed by atoms with Crippen molar-refractivity contribution in [3.8, 4) is 0 Å². The minimum atomic E-state index is -0.900. The molecule has 0 aliphatic heterocycles. The fourth-order valence-electron chi connectivity index (χ4n) is 6.33. The molecule has 0 amide bonds. The van der Waals surface area contributed by atoms with E-state index in [4.69, 9.17) is 14.2 Å². The standard InChI is InChI=1S/C67H96O6/c1-4-7-10-13-16-19-22-25-28-29-30-31-32-33-34-35-36-37-40-42-45-48-51-54-57-60-66(69)72-63-64(73-67(70)61-58-55-52-49-46-43-39-27-24-21-18-15-12-9-6-3)62-71-65(68)59-56-53-50-47-44-41-38-26-23-20-17-14-11-8-5-2/h7-12,16-21,25-28,30-31,33-34,36-39,42,44-47,49,53,55-56,58,64H,4-6,13-15,22-24,29,32,35,40-41,43,48,50-52,54,57,59-63H2,1-3H3/b10-7-,11-8-,12-9-,19-16-,20-17-,21-18-,28-25-,31-30-,34-33-,37-36-,38-26-,39-27-,45-42-,47-44-,49-46-,56-53-,58-55-. The third-order valence-corrected chi connectivity index (χ3v) is 10.3. The fraction of sp³-hybridized carbons (Fsp3) is 0.448. The van der Waals surface area contributed by atoms with Gasteiger partial charge in [0.1, 0.15) is 13.2 Å². The second-order valence-corrected chi connectivity index (χ2v) is 17.0. The van der Waals surface area contributed by atoms with E-state index in [1.165, 1.54) is 0 Å². The first-order valence-electron chi connectivity index (χ1n) is 27.6. The number of unbranched alkanes of at least 4 members (excludes halogenated alkanes) is 3. The number of carbonyl (C=O) groups is 3. The Balaban J connectivity index is 4.66. The van der Waals surface area contributed by atoms with Crippen molar-refractivity contribution < 1.29 is 28.6 Å². The van der Waals surface area contributed by atoms with Gasteiger partial charge in [-0.2, -0.15) is 0 Å². The predicted octanol–water partition coefficient (Wildman–Crippen LogP) is 18.9. The van der Waals surface area contributed by atoms with Crippen molar-refractivity contribution in [1.29, 1.82) is 0 Å². The highest BCUT2D eigenvalue weighted by Gasteiger charge is 2.19. The fourth-order valence-corrected chi connectivity index (χ4v) is 6.33. The molecule has 1 unspecified atom stereocenters. The lowest BCUT2D eigenvalue weighted by Crippen LogP contribution is -2.30. The van der Waals surface area contributed by atoms with Crippen molar-refractivity contribution >= 4 is 17.9 Å². The van der Waals surface area contributed by atoms with Gasteiger partial charge in [0.05, 0.1) is 12.8 Å². The van der Waals surface area contributed by atoms with Crippen LogP contribution in [0.2, 0.25) is 0 Å². The maximum Gasteiger partial charge on any atom is 0.310 e. The monoisotopic (exact) mass is 997 g/mol. The third-order valence-electron chi connectivity index (χ3n) is 10.3. The number of esters is 3. The van der Waals surface area contributed by atoms with E-state index in [-0.39, 0.29) is 38.4 Å². The maximum absolute atomic E-state index is 12.8. The summed E-state index contributed by atoms with van der Waals surface area (Å²) in [5.74, 6) is -1.29. The zero-order chi connectivity index (χ0) is 52.9. The first kappa shape index (κ1) is 67.0. The highest BCUT2D eigenvalue weighted by atomic mass is 16.6. The minimum Gasteiger partial charge on any atom is -0.462 e. The number of ether oxygens (including phenoxy) is 3. The second kappa shape index (κ2) is 58.6. The Morgan fingerprint density at radius 3 is 0.863 bits per heavy atom. The summed E-state index contributed by atoms with van der Waals surface area (Å²) in [5, 5.41) is 0. The van der Waals surface area contributed by atoms with Crippen LogP contribution in [0.4, 0.5) is 0 Å². The molecule has 400 valence electrons. The van der Waals surface area contributed by atoms with E-state index in [9.17, 15) is 14.4 Å². The van der Waals surface area contributed by atoms with Gasteiger partial charge in [-0.05, 0) is 128 Å². The highest BCUT2D eigenvalue weighted by molar-refractivity contribution is 5.72. The molecule has 0 saturated heterocycles. The molecule has 0 saturated carbocycles. The van der Waals surface area contributed by atoms with Crippen LogP contribution in [0.15, 0.2) is 207 Å². The molecule has 6 nitrogen and oxygen atoms in total. The van der Waals surface area contributed by atoms with Crippen LogP contribution < -0.4 is 0 Å². The van der Waals surface area contributed by atoms with Crippen molar-refractivity contribution in [1.82, 2.24) is 0 Å². The molecule has 6 heteroatoms. The van der Waals surface area contributed by atoms with Crippen molar-refractivity contribution in [3.05, 3.63) is 207 Å². The minimum absolute atomic E-state index is 0.0573. The second-order valence-electron chi connectivity index (χ2n) is 17.0. The van der Waals surface area contributed by atoms with Crippen LogP contribution >= 0.6 is 0 Å². The number of allylic oxidation sites excluding steroid dienone is 32. The van der Waals surface area contributed by atoms with Crippen LogP contribution in [0.3, 0.4) is 0 Å². The Bertz CT molecular complexity index is 1860. The predicted molar refractivity (Wildman–Crippen MR) is 315 cm³/mol. The summed E-state index contributed by atoms with van der Waals surface area (Å²) in [7, 11) is 0. The molecule has 0 bridgehead atoms. The lowest BCUT2D eigenvalue weighted by molar-refractivity contribution is -0.166. The molecular formula is C67H96O6. The first-order valence-corrected chi connectivity index (χ1v) is 27.6. The molecule has 0 N–H and O–H groups in total. The molecule has 0 spiro atoms. The van der Waals surface area contributed by atoms with Gasteiger partial charge in [-0.3, -0.25) is 14.4 Å².